The summed E-state index contributed by atoms with van der Waals surface area (Å²) in [5, 5.41) is 26.2. The van der Waals surface area contributed by atoms with E-state index < -0.39 is 16.8 Å². The number of ether oxygens (including phenoxy) is 3. The molecule has 0 saturated heterocycles. The zero-order valence-corrected chi connectivity index (χ0v) is 26.8. The molecule has 0 radical (unpaired) electrons. The van der Waals surface area contributed by atoms with Gasteiger partial charge in [-0.25, -0.2) is 4.79 Å². The number of non-ortho nitro benzene ring substituents is 1. The molecule has 2 aromatic carbocycles. The van der Waals surface area contributed by atoms with E-state index >= 15 is 0 Å². The van der Waals surface area contributed by atoms with E-state index in [0.29, 0.717) is 44.3 Å². The van der Waals surface area contributed by atoms with Gasteiger partial charge in [0.2, 0.25) is 5.91 Å². The lowest BCUT2D eigenvalue weighted by molar-refractivity contribution is -0.384. The Morgan fingerprint density at radius 2 is 1.78 bits per heavy atom. The Bertz CT molecular complexity index is 1760. The molecule has 0 bridgehead atoms. The summed E-state index contributed by atoms with van der Waals surface area (Å²) in [5.41, 5.74) is 2.03. The molecule has 0 saturated carbocycles. The topological polar surface area (TPSA) is 177 Å². The minimum absolute atomic E-state index is 0.0568. The molecular weight excluding hydrogens is 636 g/mol. The normalized spacial score (nSPS) is 11.9. The fourth-order valence-electron chi connectivity index (χ4n) is 4.90. The molecule has 0 atom stereocenters. The van der Waals surface area contributed by atoms with Crippen LogP contribution in [-0.2, 0) is 28.9 Å². The first-order valence-corrected chi connectivity index (χ1v) is 16.0. The molecular formula is C30H30N6O8S2. The number of methoxy groups -OCH3 is 2. The highest BCUT2D eigenvalue weighted by Gasteiger charge is 2.28. The zero-order valence-electron chi connectivity index (χ0n) is 25.2. The van der Waals surface area contributed by atoms with Crippen LogP contribution in [0.4, 0.5) is 10.7 Å². The van der Waals surface area contributed by atoms with Gasteiger partial charge in [-0.15, -0.1) is 21.5 Å². The van der Waals surface area contributed by atoms with Crippen LogP contribution >= 0.6 is 23.1 Å². The second-order valence-electron chi connectivity index (χ2n) is 9.91. The Morgan fingerprint density at radius 3 is 2.43 bits per heavy atom. The molecule has 14 nitrogen and oxygen atoms in total. The average molecular weight is 667 g/mol. The van der Waals surface area contributed by atoms with Crippen molar-refractivity contribution in [3.8, 4) is 17.2 Å². The molecule has 46 heavy (non-hydrogen) atoms. The van der Waals surface area contributed by atoms with E-state index in [1.165, 1.54) is 49.8 Å². The van der Waals surface area contributed by atoms with E-state index in [-0.39, 0.29) is 30.5 Å². The number of benzene rings is 2. The molecule has 0 spiro atoms. The number of aryl methyl sites for hydroxylation is 1. The molecule has 4 aromatic rings. The van der Waals surface area contributed by atoms with Gasteiger partial charge in [0.05, 0.1) is 43.6 Å². The number of thiophene rings is 1. The fraction of sp³-hybridized carbons (Fsp3) is 0.300. The summed E-state index contributed by atoms with van der Waals surface area (Å²) >= 11 is 2.47. The molecule has 2 amide bonds. The van der Waals surface area contributed by atoms with Crippen LogP contribution in [0.15, 0.2) is 47.6 Å². The van der Waals surface area contributed by atoms with Crippen LogP contribution in [0.1, 0.15) is 50.3 Å². The van der Waals surface area contributed by atoms with Crippen LogP contribution in [0, 0.1) is 10.1 Å². The number of thioether (sulfide) groups is 1. The third kappa shape index (κ3) is 7.13. The van der Waals surface area contributed by atoms with Crippen LogP contribution in [-0.4, -0.2) is 64.1 Å². The van der Waals surface area contributed by atoms with Crippen LogP contribution in [0.5, 0.6) is 11.5 Å². The average Bonchev–Trinajstić information content (AvgIpc) is 3.77. The van der Waals surface area contributed by atoms with E-state index in [0.717, 1.165) is 41.5 Å². The first-order valence-electron chi connectivity index (χ1n) is 14.2. The van der Waals surface area contributed by atoms with Gasteiger partial charge in [-0.1, -0.05) is 11.8 Å². The smallest absolute Gasteiger partial charge is 0.341 e. The first kappa shape index (κ1) is 32.4. The summed E-state index contributed by atoms with van der Waals surface area (Å²) < 4.78 is 17.4. The van der Waals surface area contributed by atoms with Crippen molar-refractivity contribution in [1.82, 2.24) is 20.1 Å². The maximum atomic E-state index is 13.1. The largest absolute Gasteiger partial charge is 0.497 e. The van der Waals surface area contributed by atoms with Gasteiger partial charge in [-0.3, -0.25) is 24.3 Å². The molecule has 1 aliphatic carbocycles. The number of nitro benzene ring substituents is 1. The van der Waals surface area contributed by atoms with E-state index in [9.17, 15) is 24.5 Å². The maximum absolute atomic E-state index is 13.1. The van der Waals surface area contributed by atoms with Gasteiger partial charge in [-0.2, -0.15) is 0 Å². The fourth-order valence-corrected chi connectivity index (χ4v) is 6.96. The van der Waals surface area contributed by atoms with Crippen LogP contribution in [0.25, 0.3) is 5.69 Å². The van der Waals surface area contributed by atoms with Crippen molar-refractivity contribution in [3.63, 3.8) is 0 Å². The number of nitro groups is 1. The summed E-state index contributed by atoms with van der Waals surface area (Å²) in [7, 11) is 2.96. The molecule has 0 unspecified atom stereocenters. The van der Waals surface area contributed by atoms with Crippen LogP contribution in [0.3, 0.4) is 0 Å². The van der Waals surface area contributed by atoms with Gasteiger partial charge in [0.15, 0.2) is 11.0 Å². The highest BCUT2D eigenvalue weighted by atomic mass is 32.2. The number of carbonyl (C=O) groups excluding carboxylic acids is 3. The Balaban J connectivity index is 1.35. The van der Waals surface area contributed by atoms with Gasteiger partial charge < -0.3 is 24.8 Å². The number of aromatic nitrogens is 3. The van der Waals surface area contributed by atoms with Crippen molar-refractivity contribution in [2.24, 2.45) is 0 Å². The number of hydrogen-bond acceptors (Lipinski definition) is 12. The van der Waals surface area contributed by atoms with Crippen molar-refractivity contribution in [3.05, 3.63) is 80.0 Å². The van der Waals surface area contributed by atoms with Crippen molar-refractivity contribution in [2.75, 3.05) is 31.9 Å². The standard InChI is InChI=1S/C30H30N6O8S2/c1-4-44-29(39)26-22-6-5-7-23(22)46-28(26)32-25(37)16-45-30-34-33-24(35(30)18-8-10-19(11-9-18)36(40)41)15-31-27(38)17-12-20(42-2)14-21(13-17)43-3/h8-14H,4-7,15-16H2,1-3H3,(H,31,38)(H,32,37). The monoisotopic (exact) mass is 666 g/mol. The number of nitrogens with zero attached hydrogens (tertiary/aromatic N) is 4. The van der Waals surface area contributed by atoms with E-state index in [4.69, 9.17) is 14.2 Å². The second-order valence-corrected chi connectivity index (χ2v) is 12.0. The SMILES string of the molecule is CCOC(=O)c1c(NC(=O)CSc2nnc(CNC(=O)c3cc(OC)cc(OC)c3)n2-c2ccc([N+](=O)[O-])cc2)sc2c1CCC2. The maximum Gasteiger partial charge on any atom is 0.341 e. The summed E-state index contributed by atoms with van der Waals surface area (Å²) in [6.07, 6.45) is 2.56. The highest BCUT2D eigenvalue weighted by Crippen LogP contribution is 2.39. The molecule has 240 valence electrons. The van der Waals surface area contributed by atoms with Crippen molar-refractivity contribution in [1.29, 1.82) is 0 Å². The number of esters is 1. The molecule has 0 fully saturated rings. The summed E-state index contributed by atoms with van der Waals surface area (Å²) in [6.45, 7) is 1.90. The Hall–Kier alpha value is -4.96. The van der Waals surface area contributed by atoms with Gasteiger partial charge in [0, 0.05) is 34.3 Å². The minimum Gasteiger partial charge on any atom is -0.497 e. The molecule has 0 aliphatic heterocycles. The van der Waals surface area contributed by atoms with Gasteiger partial charge >= 0.3 is 5.97 Å². The molecule has 5 rings (SSSR count). The number of anilines is 1. The van der Waals surface area contributed by atoms with E-state index in [1.54, 1.807) is 29.7 Å². The summed E-state index contributed by atoms with van der Waals surface area (Å²) in [6, 6.07) is 10.5. The molecule has 16 heteroatoms. The Kier molecular flexibility index (Phi) is 10.2. The van der Waals surface area contributed by atoms with E-state index in [1.807, 2.05) is 0 Å². The number of nitrogens with one attached hydrogen (secondary N) is 2. The Morgan fingerprint density at radius 1 is 1.07 bits per heavy atom. The quantitative estimate of drug-likeness (QED) is 0.0884. The van der Waals surface area contributed by atoms with Crippen molar-refractivity contribution in [2.45, 2.75) is 37.9 Å². The molecule has 1 aliphatic rings. The van der Waals surface area contributed by atoms with Crippen LogP contribution in [0.2, 0.25) is 0 Å². The predicted octanol–water partition coefficient (Wildman–Crippen LogP) is 4.58. The summed E-state index contributed by atoms with van der Waals surface area (Å²) in [4.78, 5) is 50.7. The lowest BCUT2D eigenvalue weighted by Gasteiger charge is -2.12. The van der Waals surface area contributed by atoms with Crippen LogP contribution < -0.4 is 20.1 Å². The van der Waals surface area contributed by atoms with Gasteiger partial charge in [0.25, 0.3) is 11.6 Å². The number of amides is 2. The number of carbonyl (C=O) groups is 3. The summed E-state index contributed by atoms with van der Waals surface area (Å²) in [5.74, 6) is -0.124. The zero-order chi connectivity index (χ0) is 32.8. The number of rotatable bonds is 13. The van der Waals surface area contributed by atoms with Crippen molar-refractivity contribution < 1.29 is 33.5 Å². The lowest BCUT2D eigenvalue weighted by Crippen LogP contribution is -2.24. The number of hydrogen-bond donors (Lipinski definition) is 2. The highest BCUT2D eigenvalue weighted by molar-refractivity contribution is 7.99. The third-order valence-electron chi connectivity index (χ3n) is 7.03. The first-order chi connectivity index (χ1) is 22.2. The van der Waals surface area contributed by atoms with Gasteiger partial charge in [-0.05, 0) is 56.0 Å². The molecule has 2 aromatic heterocycles. The van der Waals surface area contributed by atoms with E-state index in [2.05, 4.69) is 20.8 Å². The lowest BCUT2D eigenvalue weighted by atomic mass is 10.1. The Labute approximate surface area is 271 Å². The molecule has 2 N–H and O–H groups in total. The molecule has 2 heterocycles. The third-order valence-corrected chi connectivity index (χ3v) is 9.16. The number of fused-ring (bicyclic) bond motifs is 1. The minimum atomic E-state index is -0.509. The predicted molar refractivity (Wildman–Crippen MR) is 170 cm³/mol. The van der Waals surface area contributed by atoms with Crippen molar-refractivity contribution >= 4 is 51.6 Å². The van der Waals surface area contributed by atoms with Gasteiger partial charge in [0.1, 0.15) is 16.5 Å². The second kappa shape index (κ2) is 14.4.